The molecule has 0 aliphatic rings. The Bertz CT molecular complexity index is 651. The molecule has 0 saturated heterocycles. The van der Waals surface area contributed by atoms with Crippen molar-refractivity contribution in [3.05, 3.63) is 78.2 Å². The van der Waals surface area contributed by atoms with Gasteiger partial charge in [0, 0.05) is 24.5 Å². The van der Waals surface area contributed by atoms with Crippen molar-refractivity contribution in [1.82, 2.24) is 15.0 Å². The van der Waals surface area contributed by atoms with Gasteiger partial charge in [0.2, 0.25) is 0 Å². The van der Waals surface area contributed by atoms with Crippen molar-refractivity contribution in [3.63, 3.8) is 0 Å². The van der Waals surface area contributed by atoms with E-state index in [0.29, 0.717) is 5.82 Å². The molecule has 3 rings (SSSR count). The van der Waals surface area contributed by atoms with E-state index in [1.54, 1.807) is 12.4 Å². The summed E-state index contributed by atoms with van der Waals surface area (Å²) in [5, 5.41) is 0. The first-order valence-electron chi connectivity index (χ1n) is 6.19. The van der Waals surface area contributed by atoms with Crippen molar-refractivity contribution in [2.24, 2.45) is 0 Å². The minimum absolute atomic E-state index is 0.675. The lowest BCUT2D eigenvalue weighted by atomic mass is 10.1. The molecule has 3 nitrogen and oxygen atoms in total. The third-order valence-corrected chi connectivity index (χ3v) is 2.84. The van der Waals surface area contributed by atoms with Crippen molar-refractivity contribution < 1.29 is 0 Å². The highest BCUT2D eigenvalue weighted by Crippen LogP contribution is 2.12. The Balaban J connectivity index is 1.89. The second-order valence-electron chi connectivity index (χ2n) is 4.25. The molecule has 3 aromatic rings. The molecule has 0 aliphatic carbocycles. The third kappa shape index (κ3) is 2.83. The van der Waals surface area contributed by atoms with Crippen molar-refractivity contribution >= 4 is 0 Å². The molecule has 0 spiro atoms. The summed E-state index contributed by atoms with van der Waals surface area (Å²) in [5.41, 5.74) is 3.05. The first kappa shape index (κ1) is 11.5. The summed E-state index contributed by atoms with van der Waals surface area (Å²) in [6, 6.07) is 18.0. The molecule has 19 heavy (non-hydrogen) atoms. The Morgan fingerprint density at radius 1 is 0.737 bits per heavy atom. The average molecular weight is 247 g/mol. The largest absolute Gasteiger partial charge is 0.253 e. The predicted molar refractivity (Wildman–Crippen MR) is 74.5 cm³/mol. The van der Waals surface area contributed by atoms with Gasteiger partial charge in [-0.1, -0.05) is 36.4 Å². The molecule has 1 aromatic carbocycles. The quantitative estimate of drug-likeness (QED) is 0.713. The van der Waals surface area contributed by atoms with Crippen LogP contribution in [0.25, 0.3) is 11.5 Å². The van der Waals surface area contributed by atoms with E-state index in [0.717, 1.165) is 17.8 Å². The molecular weight excluding hydrogens is 234 g/mol. The Hall–Kier alpha value is -2.55. The SMILES string of the molecule is c1ccc(Cc2ccnc(-c3ccccn3)n2)cc1. The molecule has 0 aliphatic heterocycles. The number of hydrogen-bond acceptors (Lipinski definition) is 3. The van der Waals surface area contributed by atoms with E-state index in [2.05, 4.69) is 27.1 Å². The second-order valence-corrected chi connectivity index (χ2v) is 4.25. The summed E-state index contributed by atoms with van der Waals surface area (Å²) in [7, 11) is 0. The monoisotopic (exact) mass is 247 g/mol. The fourth-order valence-corrected chi connectivity index (χ4v) is 1.92. The van der Waals surface area contributed by atoms with Gasteiger partial charge in [-0.25, -0.2) is 9.97 Å². The Labute approximate surface area is 112 Å². The van der Waals surface area contributed by atoms with E-state index in [1.165, 1.54) is 5.56 Å². The normalized spacial score (nSPS) is 10.3. The fraction of sp³-hybridized carbons (Fsp3) is 0.0625. The van der Waals surface area contributed by atoms with Crippen molar-refractivity contribution in [1.29, 1.82) is 0 Å². The van der Waals surface area contributed by atoms with Crippen LogP contribution in [-0.4, -0.2) is 15.0 Å². The van der Waals surface area contributed by atoms with E-state index < -0.39 is 0 Å². The number of nitrogens with zero attached hydrogens (tertiary/aromatic N) is 3. The summed E-state index contributed by atoms with van der Waals surface area (Å²) >= 11 is 0. The van der Waals surface area contributed by atoms with Gasteiger partial charge in [-0.05, 0) is 23.8 Å². The van der Waals surface area contributed by atoms with Gasteiger partial charge in [-0.15, -0.1) is 0 Å². The molecule has 0 saturated carbocycles. The van der Waals surface area contributed by atoms with Gasteiger partial charge in [0.25, 0.3) is 0 Å². The summed E-state index contributed by atoms with van der Waals surface area (Å²) in [5.74, 6) is 0.675. The number of benzene rings is 1. The van der Waals surface area contributed by atoms with E-state index in [1.807, 2.05) is 42.5 Å². The highest BCUT2D eigenvalue weighted by molar-refractivity contribution is 5.48. The molecular formula is C16H13N3. The Morgan fingerprint density at radius 3 is 2.37 bits per heavy atom. The van der Waals surface area contributed by atoms with E-state index >= 15 is 0 Å². The average Bonchev–Trinajstić information content (AvgIpc) is 2.49. The highest BCUT2D eigenvalue weighted by Gasteiger charge is 2.03. The van der Waals surface area contributed by atoms with Crippen LogP contribution in [0.3, 0.4) is 0 Å². The van der Waals surface area contributed by atoms with E-state index in [9.17, 15) is 0 Å². The van der Waals surface area contributed by atoms with Gasteiger partial charge in [0.1, 0.15) is 5.69 Å². The molecule has 0 fully saturated rings. The molecule has 2 heterocycles. The Kier molecular flexibility index (Phi) is 3.28. The molecule has 0 unspecified atom stereocenters. The zero-order valence-corrected chi connectivity index (χ0v) is 10.4. The van der Waals surface area contributed by atoms with Crippen LogP contribution >= 0.6 is 0 Å². The van der Waals surface area contributed by atoms with Crippen molar-refractivity contribution in [2.45, 2.75) is 6.42 Å². The molecule has 0 N–H and O–H groups in total. The fourth-order valence-electron chi connectivity index (χ4n) is 1.92. The molecule has 92 valence electrons. The number of pyridine rings is 1. The first-order chi connectivity index (χ1) is 9.42. The standard InChI is InChI=1S/C16H13N3/c1-2-6-13(7-3-1)12-14-9-11-18-16(19-14)15-8-4-5-10-17-15/h1-11H,12H2. The molecule has 0 amide bonds. The maximum Gasteiger partial charge on any atom is 0.178 e. The lowest BCUT2D eigenvalue weighted by molar-refractivity contribution is 1.02. The Morgan fingerprint density at radius 2 is 1.58 bits per heavy atom. The highest BCUT2D eigenvalue weighted by atomic mass is 14.9. The topological polar surface area (TPSA) is 38.7 Å². The number of hydrogen-bond donors (Lipinski definition) is 0. The predicted octanol–water partition coefficient (Wildman–Crippen LogP) is 3.13. The zero-order chi connectivity index (χ0) is 12.9. The summed E-state index contributed by atoms with van der Waals surface area (Å²) in [4.78, 5) is 13.1. The van der Waals surface area contributed by atoms with Gasteiger partial charge in [-0.3, -0.25) is 4.98 Å². The van der Waals surface area contributed by atoms with Crippen molar-refractivity contribution in [2.75, 3.05) is 0 Å². The van der Waals surface area contributed by atoms with Gasteiger partial charge < -0.3 is 0 Å². The number of rotatable bonds is 3. The van der Waals surface area contributed by atoms with Gasteiger partial charge >= 0.3 is 0 Å². The molecule has 0 bridgehead atoms. The van der Waals surface area contributed by atoms with Crippen LogP contribution < -0.4 is 0 Å². The molecule has 0 radical (unpaired) electrons. The smallest absolute Gasteiger partial charge is 0.178 e. The summed E-state index contributed by atoms with van der Waals surface area (Å²) in [6.45, 7) is 0. The van der Waals surface area contributed by atoms with Crippen LogP contribution in [0.4, 0.5) is 0 Å². The van der Waals surface area contributed by atoms with Crippen LogP contribution in [0.5, 0.6) is 0 Å². The van der Waals surface area contributed by atoms with E-state index in [-0.39, 0.29) is 0 Å². The third-order valence-electron chi connectivity index (χ3n) is 2.84. The first-order valence-corrected chi connectivity index (χ1v) is 6.19. The second kappa shape index (κ2) is 5.40. The van der Waals surface area contributed by atoms with Gasteiger partial charge in [0.15, 0.2) is 5.82 Å². The van der Waals surface area contributed by atoms with Crippen LogP contribution in [0.1, 0.15) is 11.3 Å². The summed E-state index contributed by atoms with van der Waals surface area (Å²) in [6.07, 6.45) is 4.35. The van der Waals surface area contributed by atoms with Crippen LogP contribution in [0.15, 0.2) is 67.0 Å². The minimum Gasteiger partial charge on any atom is -0.253 e. The van der Waals surface area contributed by atoms with Gasteiger partial charge in [-0.2, -0.15) is 0 Å². The van der Waals surface area contributed by atoms with Crippen LogP contribution in [0.2, 0.25) is 0 Å². The lowest BCUT2D eigenvalue weighted by Gasteiger charge is -2.03. The molecule has 3 heteroatoms. The lowest BCUT2D eigenvalue weighted by Crippen LogP contribution is -1.97. The van der Waals surface area contributed by atoms with Crippen LogP contribution in [-0.2, 0) is 6.42 Å². The number of aromatic nitrogens is 3. The van der Waals surface area contributed by atoms with Crippen LogP contribution in [0, 0.1) is 0 Å². The zero-order valence-electron chi connectivity index (χ0n) is 10.4. The maximum atomic E-state index is 4.56. The minimum atomic E-state index is 0.675. The maximum absolute atomic E-state index is 4.56. The van der Waals surface area contributed by atoms with Crippen molar-refractivity contribution in [3.8, 4) is 11.5 Å². The van der Waals surface area contributed by atoms with Gasteiger partial charge in [0.05, 0.1) is 0 Å². The molecule has 2 aromatic heterocycles. The molecule has 0 atom stereocenters. The van der Waals surface area contributed by atoms with E-state index in [4.69, 9.17) is 0 Å². The summed E-state index contributed by atoms with van der Waals surface area (Å²) < 4.78 is 0.